The summed E-state index contributed by atoms with van der Waals surface area (Å²) in [4.78, 5) is 0. The van der Waals surface area contributed by atoms with Crippen LogP contribution in [0.15, 0.2) is 6.20 Å². The minimum Gasteiger partial charge on any atom is -0.367 e. The number of nitrogens with zero attached hydrogens (tertiary/aromatic N) is 4. The van der Waals surface area contributed by atoms with E-state index in [0.717, 1.165) is 18.5 Å². The molecule has 0 radical (unpaired) electrons. The van der Waals surface area contributed by atoms with Crippen LogP contribution in [0.5, 0.6) is 0 Å². The monoisotopic (exact) mass is 192 g/mol. The standard InChI is InChI=1S/C9H12N4O/c1-13-6-8(11-12-13)9-3-2-7(14-9)4-5-10/h6-7,9H,2-4H2,1H3. The molecule has 0 N–H and O–H groups in total. The number of hydrogen-bond acceptors (Lipinski definition) is 4. The first-order chi connectivity index (χ1) is 6.79. The van der Waals surface area contributed by atoms with Crippen molar-refractivity contribution in [3.05, 3.63) is 11.9 Å². The summed E-state index contributed by atoms with van der Waals surface area (Å²) in [6.45, 7) is 0. The molecule has 1 aromatic rings. The van der Waals surface area contributed by atoms with Crippen LogP contribution in [0.3, 0.4) is 0 Å². The molecule has 0 aliphatic carbocycles. The van der Waals surface area contributed by atoms with Crippen molar-refractivity contribution in [3.63, 3.8) is 0 Å². The van der Waals surface area contributed by atoms with Crippen LogP contribution in [-0.4, -0.2) is 21.1 Å². The van der Waals surface area contributed by atoms with Gasteiger partial charge in [-0.2, -0.15) is 5.26 Å². The minimum absolute atomic E-state index is 0.0297. The molecule has 2 heterocycles. The maximum Gasteiger partial charge on any atom is 0.111 e. The summed E-state index contributed by atoms with van der Waals surface area (Å²) in [7, 11) is 1.83. The summed E-state index contributed by atoms with van der Waals surface area (Å²) in [6, 6.07) is 2.12. The van der Waals surface area contributed by atoms with Gasteiger partial charge < -0.3 is 4.74 Å². The third-order valence-corrected chi connectivity index (χ3v) is 2.38. The normalized spacial score (nSPS) is 26.3. The average molecular weight is 192 g/mol. The van der Waals surface area contributed by atoms with Crippen LogP contribution in [-0.2, 0) is 11.8 Å². The van der Waals surface area contributed by atoms with Gasteiger partial charge in [0.25, 0.3) is 0 Å². The van der Waals surface area contributed by atoms with Gasteiger partial charge in [-0.25, -0.2) is 0 Å². The predicted molar refractivity (Wildman–Crippen MR) is 48.1 cm³/mol. The maximum absolute atomic E-state index is 8.53. The van der Waals surface area contributed by atoms with Crippen molar-refractivity contribution >= 4 is 0 Å². The number of aryl methyl sites for hydroxylation is 1. The predicted octanol–water partition coefficient (Wildman–Crippen LogP) is 0.949. The zero-order valence-electron chi connectivity index (χ0n) is 8.05. The maximum atomic E-state index is 8.53. The second-order valence-electron chi connectivity index (χ2n) is 3.50. The summed E-state index contributed by atoms with van der Waals surface area (Å²) in [5.74, 6) is 0. The fourth-order valence-corrected chi connectivity index (χ4v) is 1.69. The Morgan fingerprint density at radius 1 is 1.71 bits per heavy atom. The van der Waals surface area contributed by atoms with Gasteiger partial charge in [0.1, 0.15) is 11.8 Å². The lowest BCUT2D eigenvalue weighted by atomic mass is 10.1. The lowest BCUT2D eigenvalue weighted by Crippen LogP contribution is -2.05. The van der Waals surface area contributed by atoms with E-state index in [1.165, 1.54) is 0 Å². The summed E-state index contributed by atoms with van der Waals surface area (Å²) >= 11 is 0. The first-order valence-electron chi connectivity index (χ1n) is 4.68. The molecule has 5 nitrogen and oxygen atoms in total. The summed E-state index contributed by atoms with van der Waals surface area (Å²) < 4.78 is 7.33. The van der Waals surface area contributed by atoms with Crippen LogP contribution in [0, 0.1) is 11.3 Å². The molecular formula is C9H12N4O. The van der Waals surface area contributed by atoms with Crippen molar-refractivity contribution in [1.29, 1.82) is 5.26 Å². The molecule has 2 rings (SSSR count). The molecule has 0 bridgehead atoms. The van der Waals surface area contributed by atoms with Crippen LogP contribution >= 0.6 is 0 Å². The van der Waals surface area contributed by atoms with E-state index >= 15 is 0 Å². The second kappa shape index (κ2) is 3.76. The van der Waals surface area contributed by atoms with Gasteiger partial charge in [-0.3, -0.25) is 4.68 Å². The van der Waals surface area contributed by atoms with Crippen molar-refractivity contribution < 1.29 is 4.74 Å². The van der Waals surface area contributed by atoms with E-state index in [1.54, 1.807) is 4.68 Å². The minimum atomic E-state index is 0.0297. The SMILES string of the molecule is Cn1cc(C2CCC(CC#N)O2)nn1. The third-order valence-electron chi connectivity index (χ3n) is 2.38. The van der Waals surface area contributed by atoms with Gasteiger partial charge in [-0.05, 0) is 12.8 Å². The van der Waals surface area contributed by atoms with Crippen LogP contribution in [0.4, 0.5) is 0 Å². The Morgan fingerprint density at radius 2 is 2.57 bits per heavy atom. The average Bonchev–Trinajstić information content (AvgIpc) is 2.74. The highest BCUT2D eigenvalue weighted by Gasteiger charge is 2.27. The number of hydrogen-bond donors (Lipinski definition) is 0. The van der Waals surface area contributed by atoms with E-state index in [4.69, 9.17) is 10.00 Å². The van der Waals surface area contributed by atoms with Gasteiger partial charge in [-0.1, -0.05) is 5.21 Å². The molecule has 1 aromatic heterocycles. The van der Waals surface area contributed by atoms with Gasteiger partial charge in [0.05, 0.1) is 24.8 Å². The van der Waals surface area contributed by atoms with E-state index in [9.17, 15) is 0 Å². The summed E-state index contributed by atoms with van der Waals surface area (Å²) in [5.41, 5.74) is 0.868. The molecule has 0 aromatic carbocycles. The highest BCUT2D eigenvalue weighted by molar-refractivity contribution is 5.00. The summed E-state index contributed by atoms with van der Waals surface area (Å²) in [6.07, 6.45) is 4.31. The fraction of sp³-hybridized carbons (Fsp3) is 0.667. The molecule has 74 valence electrons. The Hall–Kier alpha value is -1.41. The van der Waals surface area contributed by atoms with Crippen LogP contribution in [0.1, 0.15) is 31.1 Å². The van der Waals surface area contributed by atoms with Crippen molar-refractivity contribution in [2.24, 2.45) is 7.05 Å². The molecule has 0 spiro atoms. The highest BCUT2D eigenvalue weighted by atomic mass is 16.5. The van der Waals surface area contributed by atoms with Crippen LogP contribution in [0.25, 0.3) is 0 Å². The van der Waals surface area contributed by atoms with E-state index < -0.39 is 0 Å². The van der Waals surface area contributed by atoms with Crippen molar-refractivity contribution in [1.82, 2.24) is 15.0 Å². The van der Waals surface area contributed by atoms with E-state index in [0.29, 0.717) is 6.42 Å². The van der Waals surface area contributed by atoms with E-state index in [-0.39, 0.29) is 12.2 Å². The van der Waals surface area contributed by atoms with E-state index in [2.05, 4.69) is 16.4 Å². The lowest BCUT2D eigenvalue weighted by molar-refractivity contribution is 0.0451. The Morgan fingerprint density at radius 3 is 3.21 bits per heavy atom. The Kier molecular flexibility index (Phi) is 2.46. The second-order valence-corrected chi connectivity index (χ2v) is 3.50. The molecule has 0 amide bonds. The zero-order chi connectivity index (χ0) is 9.97. The van der Waals surface area contributed by atoms with Crippen molar-refractivity contribution in [2.75, 3.05) is 0 Å². The molecule has 2 atom stereocenters. The first-order valence-corrected chi connectivity index (χ1v) is 4.68. The number of rotatable bonds is 2. The molecule has 1 aliphatic heterocycles. The van der Waals surface area contributed by atoms with Crippen molar-refractivity contribution in [2.45, 2.75) is 31.5 Å². The van der Waals surface area contributed by atoms with Gasteiger partial charge >= 0.3 is 0 Å². The van der Waals surface area contributed by atoms with Gasteiger partial charge in [-0.15, -0.1) is 5.10 Å². The molecule has 5 heteroatoms. The van der Waals surface area contributed by atoms with Gasteiger partial charge in [0, 0.05) is 7.05 Å². The molecular weight excluding hydrogens is 180 g/mol. The Balaban J connectivity index is 1.99. The Bertz CT molecular complexity index is 354. The Labute approximate surface area is 82.3 Å². The van der Waals surface area contributed by atoms with Crippen LogP contribution in [0.2, 0.25) is 0 Å². The molecule has 0 saturated carbocycles. The number of nitriles is 1. The van der Waals surface area contributed by atoms with Gasteiger partial charge in [0.2, 0.25) is 0 Å². The third kappa shape index (κ3) is 1.75. The topological polar surface area (TPSA) is 63.7 Å². The highest BCUT2D eigenvalue weighted by Crippen LogP contribution is 2.32. The molecule has 1 aliphatic rings. The first kappa shape index (κ1) is 9.16. The molecule has 1 fully saturated rings. The zero-order valence-corrected chi connectivity index (χ0v) is 8.05. The fourth-order valence-electron chi connectivity index (χ4n) is 1.69. The summed E-state index contributed by atoms with van der Waals surface area (Å²) in [5, 5.41) is 16.4. The number of aromatic nitrogens is 3. The smallest absolute Gasteiger partial charge is 0.111 e. The number of ether oxygens (including phenoxy) is 1. The van der Waals surface area contributed by atoms with E-state index in [1.807, 2.05) is 13.2 Å². The largest absolute Gasteiger partial charge is 0.367 e. The van der Waals surface area contributed by atoms with Crippen LogP contribution < -0.4 is 0 Å². The molecule has 14 heavy (non-hydrogen) atoms. The lowest BCUT2D eigenvalue weighted by Gasteiger charge is -2.07. The molecule has 2 unspecified atom stereocenters. The molecule has 1 saturated heterocycles. The quantitative estimate of drug-likeness (QED) is 0.699. The van der Waals surface area contributed by atoms with Crippen molar-refractivity contribution in [3.8, 4) is 6.07 Å². The van der Waals surface area contributed by atoms with Gasteiger partial charge in [0.15, 0.2) is 0 Å².